The van der Waals surface area contributed by atoms with Crippen LogP contribution in [0.2, 0.25) is 0 Å². The van der Waals surface area contributed by atoms with Gasteiger partial charge in [-0.2, -0.15) is 0 Å². The van der Waals surface area contributed by atoms with Crippen LogP contribution in [0.4, 0.5) is 0 Å². The highest BCUT2D eigenvalue weighted by atomic mass is 16.6. The third kappa shape index (κ3) is 1.49. The number of fused-ring (bicyclic) bond motifs is 1. The number of piperidine rings is 1. The number of rotatable bonds is 3. The Morgan fingerprint density at radius 2 is 2.11 bits per heavy atom. The van der Waals surface area contributed by atoms with Crippen LogP contribution in [-0.4, -0.2) is 56.2 Å². The Hall–Kier alpha value is -1.85. The summed E-state index contributed by atoms with van der Waals surface area (Å²) in [6, 6.07) is 4.62. The lowest BCUT2D eigenvalue weighted by Gasteiger charge is -2.70. The van der Waals surface area contributed by atoms with Crippen LogP contribution in [0.5, 0.6) is 11.5 Å². The van der Waals surface area contributed by atoms with Gasteiger partial charge in [0.1, 0.15) is 17.5 Å². The van der Waals surface area contributed by atoms with Gasteiger partial charge in [-0.25, -0.2) is 0 Å². The van der Waals surface area contributed by atoms with Gasteiger partial charge in [0.2, 0.25) is 0 Å². The standard InChI is InChI=1S/C23H27NO4/c1-13(25)15-12-21-7-8-23(15,27-4)20-22(21)9-10-24(2)17(21)11-14-5-6-16(26-3)19(28-20)18(14)22/h5-8,15,17,20H,9-12H2,1-4H3. The first-order valence-corrected chi connectivity index (χ1v) is 10.3. The van der Waals surface area contributed by atoms with Crippen molar-refractivity contribution in [3.63, 3.8) is 0 Å². The van der Waals surface area contributed by atoms with Gasteiger partial charge < -0.3 is 19.1 Å². The molecule has 1 aromatic rings. The molecule has 28 heavy (non-hydrogen) atoms. The van der Waals surface area contributed by atoms with Crippen molar-refractivity contribution in [2.75, 3.05) is 27.8 Å². The third-order valence-corrected chi connectivity index (χ3v) is 8.77. The molecule has 0 radical (unpaired) electrons. The maximum absolute atomic E-state index is 12.8. The molecule has 1 saturated carbocycles. The van der Waals surface area contributed by atoms with Gasteiger partial charge in [0.15, 0.2) is 11.5 Å². The molecule has 4 aliphatic carbocycles. The van der Waals surface area contributed by atoms with E-state index in [4.69, 9.17) is 14.2 Å². The van der Waals surface area contributed by atoms with Crippen molar-refractivity contribution >= 4 is 5.78 Å². The van der Waals surface area contributed by atoms with Crippen LogP contribution in [0, 0.1) is 11.3 Å². The molecule has 2 spiro atoms. The van der Waals surface area contributed by atoms with Crippen LogP contribution in [0.1, 0.15) is 30.9 Å². The monoisotopic (exact) mass is 381 g/mol. The number of benzene rings is 1. The van der Waals surface area contributed by atoms with E-state index in [2.05, 4.69) is 30.2 Å². The molecule has 6 aliphatic rings. The summed E-state index contributed by atoms with van der Waals surface area (Å²) in [5, 5.41) is 0. The van der Waals surface area contributed by atoms with E-state index in [0.29, 0.717) is 6.04 Å². The van der Waals surface area contributed by atoms with Crippen molar-refractivity contribution in [3.8, 4) is 11.5 Å². The molecule has 0 aromatic heterocycles. The molecule has 0 N–H and O–H groups in total. The first-order chi connectivity index (χ1) is 13.4. The van der Waals surface area contributed by atoms with Gasteiger partial charge in [-0.15, -0.1) is 0 Å². The number of likely N-dealkylation sites (N-methyl/N-ethyl adjacent to an activating group) is 1. The minimum atomic E-state index is -0.716. The molecule has 148 valence electrons. The highest BCUT2D eigenvalue weighted by Crippen LogP contribution is 2.74. The van der Waals surface area contributed by atoms with Gasteiger partial charge >= 0.3 is 0 Å². The van der Waals surface area contributed by atoms with Gasteiger partial charge in [0.25, 0.3) is 0 Å². The molecule has 5 nitrogen and oxygen atoms in total. The fourth-order valence-electron chi connectivity index (χ4n) is 7.67. The third-order valence-electron chi connectivity index (χ3n) is 8.77. The van der Waals surface area contributed by atoms with Gasteiger partial charge in [-0.1, -0.05) is 18.2 Å². The van der Waals surface area contributed by atoms with Crippen LogP contribution in [0.25, 0.3) is 0 Å². The molecular weight excluding hydrogens is 354 g/mol. The molecule has 1 aromatic carbocycles. The second kappa shape index (κ2) is 5.00. The number of nitrogens with zero attached hydrogens (tertiary/aromatic N) is 1. The zero-order valence-electron chi connectivity index (χ0n) is 17.0. The minimum Gasteiger partial charge on any atom is -0.493 e. The molecule has 0 amide bonds. The molecule has 2 fully saturated rings. The fourth-order valence-corrected chi connectivity index (χ4v) is 7.67. The fraction of sp³-hybridized carbons (Fsp3) is 0.609. The number of hydrogen-bond donors (Lipinski definition) is 0. The van der Waals surface area contributed by atoms with Crippen molar-refractivity contribution in [3.05, 3.63) is 35.4 Å². The summed E-state index contributed by atoms with van der Waals surface area (Å²) in [5.41, 5.74) is 1.72. The van der Waals surface area contributed by atoms with Crippen molar-refractivity contribution in [2.24, 2.45) is 11.3 Å². The maximum atomic E-state index is 12.8. The van der Waals surface area contributed by atoms with E-state index in [1.165, 1.54) is 11.1 Å². The summed E-state index contributed by atoms with van der Waals surface area (Å²) in [5.74, 6) is 1.68. The average Bonchev–Trinajstić information content (AvgIpc) is 3.07. The second-order valence-corrected chi connectivity index (χ2v) is 9.35. The van der Waals surface area contributed by atoms with E-state index >= 15 is 0 Å². The predicted octanol–water partition coefficient (Wildman–Crippen LogP) is 2.50. The summed E-state index contributed by atoms with van der Waals surface area (Å²) in [6.45, 7) is 2.74. The van der Waals surface area contributed by atoms with Crippen molar-refractivity contribution in [1.29, 1.82) is 0 Å². The Morgan fingerprint density at radius 1 is 1.29 bits per heavy atom. The van der Waals surface area contributed by atoms with Gasteiger partial charge in [0, 0.05) is 24.1 Å². The SMILES string of the molecule is COc1ccc2c3c1OC1C4(OC)C=CC5(CC4C(C)=O)C(C2)N(C)CCC315. The number of methoxy groups -OCH3 is 2. The molecular formula is C23H27NO4. The van der Waals surface area contributed by atoms with Gasteiger partial charge in [0.05, 0.1) is 18.4 Å². The molecule has 4 bridgehead atoms. The number of likely N-dealkylation sites (tertiary alicyclic amines) is 1. The molecule has 2 aliphatic heterocycles. The smallest absolute Gasteiger partial charge is 0.166 e. The summed E-state index contributed by atoms with van der Waals surface area (Å²) in [7, 11) is 5.67. The van der Waals surface area contributed by atoms with Crippen LogP contribution >= 0.6 is 0 Å². The van der Waals surface area contributed by atoms with E-state index in [1.54, 1.807) is 21.1 Å². The van der Waals surface area contributed by atoms with Crippen LogP contribution in [0.3, 0.4) is 0 Å². The highest BCUT2D eigenvalue weighted by Gasteiger charge is 2.79. The number of ether oxygens (including phenoxy) is 3. The Morgan fingerprint density at radius 3 is 2.82 bits per heavy atom. The Labute approximate surface area is 165 Å². The Bertz CT molecular complexity index is 941. The molecule has 2 heterocycles. The van der Waals surface area contributed by atoms with E-state index < -0.39 is 5.60 Å². The lowest BCUT2D eigenvalue weighted by molar-refractivity contribution is -0.212. The summed E-state index contributed by atoms with van der Waals surface area (Å²) in [4.78, 5) is 15.3. The normalized spacial score (nSPS) is 44.2. The molecule has 1 saturated heterocycles. The summed E-state index contributed by atoms with van der Waals surface area (Å²) >= 11 is 0. The topological polar surface area (TPSA) is 48.0 Å². The van der Waals surface area contributed by atoms with Crippen molar-refractivity contribution in [1.82, 2.24) is 4.90 Å². The van der Waals surface area contributed by atoms with Crippen molar-refractivity contribution < 1.29 is 19.0 Å². The molecule has 5 heteroatoms. The van der Waals surface area contributed by atoms with E-state index in [1.807, 2.05) is 6.07 Å². The Kier molecular flexibility index (Phi) is 3.05. The van der Waals surface area contributed by atoms with Crippen LogP contribution in [-0.2, 0) is 21.4 Å². The summed E-state index contributed by atoms with van der Waals surface area (Å²) < 4.78 is 18.7. The second-order valence-electron chi connectivity index (χ2n) is 9.35. The lowest BCUT2D eigenvalue weighted by Crippen LogP contribution is -2.79. The zero-order chi connectivity index (χ0) is 19.5. The zero-order valence-corrected chi connectivity index (χ0v) is 17.0. The molecule has 6 atom stereocenters. The largest absolute Gasteiger partial charge is 0.493 e. The number of hydrogen-bond acceptors (Lipinski definition) is 5. The quantitative estimate of drug-likeness (QED) is 0.753. The minimum absolute atomic E-state index is 0.105. The predicted molar refractivity (Wildman–Crippen MR) is 104 cm³/mol. The van der Waals surface area contributed by atoms with E-state index in [9.17, 15) is 4.79 Å². The Balaban J connectivity index is 1.72. The number of Topliss-reactive ketones (excluding diaryl/α,β-unsaturated/α-hetero) is 1. The average molecular weight is 381 g/mol. The van der Waals surface area contributed by atoms with E-state index in [0.717, 1.165) is 37.3 Å². The van der Waals surface area contributed by atoms with Gasteiger partial charge in [-0.05, 0) is 51.4 Å². The van der Waals surface area contributed by atoms with E-state index in [-0.39, 0.29) is 28.6 Å². The van der Waals surface area contributed by atoms with Crippen LogP contribution < -0.4 is 9.47 Å². The number of carbonyl (C=O) groups excluding carboxylic acids is 1. The highest BCUT2D eigenvalue weighted by molar-refractivity contribution is 5.82. The number of carbonyl (C=O) groups is 1. The molecule has 7 rings (SSSR count). The number of ketones is 1. The lowest BCUT2D eigenvalue weighted by atomic mass is 9.37. The first kappa shape index (κ1) is 17.0. The van der Waals surface area contributed by atoms with Crippen molar-refractivity contribution in [2.45, 2.75) is 49.3 Å². The van der Waals surface area contributed by atoms with Crippen LogP contribution in [0.15, 0.2) is 24.3 Å². The maximum Gasteiger partial charge on any atom is 0.166 e. The summed E-state index contributed by atoms with van der Waals surface area (Å²) in [6.07, 6.45) is 7.19. The molecule has 6 unspecified atom stereocenters. The first-order valence-electron chi connectivity index (χ1n) is 10.3. The van der Waals surface area contributed by atoms with Gasteiger partial charge in [-0.3, -0.25) is 4.79 Å².